The van der Waals surface area contributed by atoms with Crippen LogP contribution in [-0.4, -0.2) is 32.9 Å². The van der Waals surface area contributed by atoms with Gasteiger partial charge < -0.3 is 15.6 Å². The molecule has 0 spiro atoms. The third-order valence-electron chi connectivity index (χ3n) is 5.03. The van der Waals surface area contributed by atoms with Crippen LogP contribution in [0, 0.1) is 11.3 Å². The van der Waals surface area contributed by atoms with E-state index in [1.165, 1.54) is 0 Å². The average molecular weight is 411 g/mol. The van der Waals surface area contributed by atoms with Crippen LogP contribution < -0.4 is 10.6 Å². The van der Waals surface area contributed by atoms with Crippen molar-refractivity contribution in [2.75, 3.05) is 12.4 Å². The molecule has 3 heterocycles. The summed E-state index contributed by atoms with van der Waals surface area (Å²) in [4.78, 5) is 28.2. The number of fused-ring (bicyclic) bond motifs is 1. The highest BCUT2D eigenvalue weighted by molar-refractivity contribution is 5.98. The van der Waals surface area contributed by atoms with Gasteiger partial charge in [0.2, 0.25) is 5.95 Å². The van der Waals surface area contributed by atoms with Crippen LogP contribution in [-0.2, 0) is 5.41 Å². The monoisotopic (exact) mass is 411 g/mol. The number of H-pyrrole nitrogens is 1. The molecule has 0 bridgehead atoms. The molecular weight excluding hydrogens is 390 g/mol. The molecule has 0 aliphatic carbocycles. The summed E-state index contributed by atoms with van der Waals surface area (Å²) in [5, 5.41) is 16.1. The van der Waals surface area contributed by atoms with Crippen molar-refractivity contribution in [3.05, 3.63) is 66.1 Å². The summed E-state index contributed by atoms with van der Waals surface area (Å²) in [5.41, 5.74) is 3.67. The SMILES string of the molecule is CNC(=O)c1cc2ccc(Nc3nccc(-c4cc(C(C)(C)C#N)ccn4)n3)cc2[nH]1. The Hall–Kier alpha value is -4.25. The molecule has 0 saturated carbocycles. The Morgan fingerprint density at radius 1 is 1.06 bits per heavy atom. The number of nitrogens with zero attached hydrogens (tertiary/aromatic N) is 4. The molecule has 4 rings (SSSR count). The Bertz CT molecular complexity index is 1320. The number of amides is 1. The lowest BCUT2D eigenvalue weighted by atomic mass is 9.86. The molecule has 0 fully saturated rings. The van der Waals surface area contributed by atoms with E-state index < -0.39 is 5.41 Å². The molecule has 3 N–H and O–H groups in total. The molecule has 1 aromatic carbocycles. The van der Waals surface area contributed by atoms with Gasteiger partial charge in [0, 0.05) is 36.0 Å². The van der Waals surface area contributed by atoms with Crippen molar-refractivity contribution in [1.29, 1.82) is 5.26 Å². The summed E-state index contributed by atoms with van der Waals surface area (Å²) in [5.74, 6) is 0.248. The van der Waals surface area contributed by atoms with Gasteiger partial charge in [-0.3, -0.25) is 9.78 Å². The minimum Gasteiger partial charge on any atom is -0.354 e. The Labute approximate surface area is 179 Å². The van der Waals surface area contributed by atoms with E-state index in [0.717, 1.165) is 22.2 Å². The molecule has 0 unspecified atom stereocenters. The van der Waals surface area contributed by atoms with Crippen molar-refractivity contribution in [1.82, 2.24) is 25.3 Å². The zero-order chi connectivity index (χ0) is 22.0. The van der Waals surface area contributed by atoms with E-state index in [9.17, 15) is 10.1 Å². The molecule has 0 saturated heterocycles. The highest BCUT2D eigenvalue weighted by atomic mass is 16.1. The Balaban J connectivity index is 1.62. The summed E-state index contributed by atoms with van der Waals surface area (Å²) in [6, 6.07) is 15.3. The van der Waals surface area contributed by atoms with Crippen molar-refractivity contribution in [3.8, 4) is 17.5 Å². The quantitative estimate of drug-likeness (QED) is 0.458. The van der Waals surface area contributed by atoms with E-state index in [1.807, 2.05) is 44.2 Å². The molecule has 0 atom stereocenters. The van der Waals surface area contributed by atoms with Gasteiger partial charge >= 0.3 is 0 Å². The molecule has 8 heteroatoms. The van der Waals surface area contributed by atoms with Crippen LogP contribution >= 0.6 is 0 Å². The maximum atomic E-state index is 11.8. The van der Waals surface area contributed by atoms with Crippen LogP contribution in [0.5, 0.6) is 0 Å². The third-order valence-corrected chi connectivity index (χ3v) is 5.03. The van der Waals surface area contributed by atoms with Gasteiger partial charge in [-0.15, -0.1) is 0 Å². The van der Waals surface area contributed by atoms with Gasteiger partial charge in [0.25, 0.3) is 5.91 Å². The summed E-state index contributed by atoms with van der Waals surface area (Å²) in [6.45, 7) is 3.73. The van der Waals surface area contributed by atoms with Gasteiger partial charge in [0.1, 0.15) is 5.69 Å². The maximum Gasteiger partial charge on any atom is 0.267 e. The van der Waals surface area contributed by atoms with E-state index in [2.05, 4.69) is 36.6 Å². The van der Waals surface area contributed by atoms with Crippen molar-refractivity contribution in [2.45, 2.75) is 19.3 Å². The number of aromatic amines is 1. The van der Waals surface area contributed by atoms with Crippen molar-refractivity contribution in [2.24, 2.45) is 0 Å². The molecule has 1 amide bonds. The largest absolute Gasteiger partial charge is 0.354 e. The first-order valence-corrected chi connectivity index (χ1v) is 9.73. The normalized spacial score (nSPS) is 11.2. The van der Waals surface area contributed by atoms with Crippen LogP contribution in [0.2, 0.25) is 0 Å². The summed E-state index contributed by atoms with van der Waals surface area (Å²) >= 11 is 0. The fourth-order valence-electron chi connectivity index (χ4n) is 3.18. The third kappa shape index (κ3) is 4.07. The lowest BCUT2D eigenvalue weighted by molar-refractivity contribution is 0.0959. The van der Waals surface area contributed by atoms with Gasteiger partial charge in [0.05, 0.1) is 22.9 Å². The number of carbonyl (C=O) groups excluding carboxylic acids is 1. The zero-order valence-corrected chi connectivity index (χ0v) is 17.4. The Morgan fingerprint density at radius 2 is 1.87 bits per heavy atom. The van der Waals surface area contributed by atoms with E-state index >= 15 is 0 Å². The zero-order valence-electron chi connectivity index (χ0n) is 17.4. The number of nitrogens with one attached hydrogen (secondary N) is 3. The summed E-state index contributed by atoms with van der Waals surface area (Å²) in [6.07, 6.45) is 3.34. The lowest BCUT2D eigenvalue weighted by Gasteiger charge is -2.16. The van der Waals surface area contributed by atoms with Gasteiger partial charge in [0.15, 0.2) is 0 Å². The smallest absolute Gasteiger partial charge is 0.267 e. The summed E-state index contributed by atoms with van der Waals surface area (Å²) in [7, 11) is 1.59. The summed E-state index contributed by atoms with van der Waals surface area (Å²) < 4.78 is 0. The van der Waals surface area contributed by atoms with Crippen LogP contribution in [0.4, 0.5) is 11.6 Å². The average Bonchev–Trinajstić information content (AvgIpc) is 3.22. The molecular formula is C23H21N7O. The van der Waals surface area contributed by atoms with Gasteiger partial charge in [-0.25, -0.2) is 9.97 Å². The topological polar surface area (TPSA) is 119 Å². The van der Waals surface area contributed by atoms with Crippen LogP contribution in [0.15, 0.2) is 54.9 Å². The number of aromatic nitrogens is 4. The highest BCUT2D eigenvalue weighted by Crippen LogP contribution is 2.26. The number of hydrogen-bond acceptors (Lipinski definition) is 6. The number of carbonyl (C=O) groups is 1. The first kappa shape index (κ1) is 20.0. The Kier molecular flexibility index (Phi) is 5.09. The fraction of sp³-hybridized carbons (Fsp3) is 0.174. The molecule has 3 aromatic heterocycles. The molecule has 0 aliphatic heterocycles. The van der Waals surface area contributed by atoms with Gasteiger partial charge in [-0.05, 0) is 55.8 Å². The maximum absolute atomic E-state index is 11.8. The fourth-order valence-corrected chi connectivity index (χ4v) is 3.18. The second-order valence-corrected chi connectivity index (χ2v) is 7.62. The molecule has 0 radical (unpaired) electrons. The van der Waals surface area contributed by atoms with Gasteiger partial charge in [-0.1, -0.05) is 6.07 Å². The standard InChI is InChI=1S/C23H21N7O/c1-23(2,13-24)15-6-8-26-19(11-15)17-7-9-27-22(30-17)28-16-5-4-14-10-20(21(31)25-3)29-18(14)12-16/h4-12,29H,1-3H3,(H,25,31)(H,27,28,30). The van der Waals surface area contributed by atoms with E-state index in [-0.39, 0.29) is 5.91 Å². The van der Waals surface area contributed by atoms with Gasteiger partial charge in [-0.2, -0.15) is 5.26 Å². The minimum absolute atomic E-state index is 0.170. The molecule has 4 aromatic rings. The van der Waals surface area contributed by atoms with E-state index in [0.29, 0.717) is 23.0 Å². The predicted molar refractivity (Wildman–Crippen MR) is 119 cm³/mol. The second kappa shape index (κ2) is 7.88. The predicted octanol–water partition coefficient (Wildman–Crippen LogP) is 3.92. The molecule has 31 heavy (non-hydrogen) atoms. The minimum atomic E-state index is -0.620. The molecule has 0 aliphatic rings. The number of benzene rings is 1. The number of pyridine rings is 1. The second-order valence-electron chi connectivity index (χ2n) is 7.62. The van der Waals surface area contributed by atoms with Crippen LogP contribution in [0.1, 0.15) is 29.9 Å². The number of nitriles is 1. The number of anilines is 2. The number of rotatable bonds is 5. The molecule has 8 nitrogen and oxygen atoms in total. The van der Waals surface area contributed by atoms with Crippen LogP contribution in [0.3, 0.4) is 0 Å². The Morgan fingerprint density at radius 3 is 2.65 bits per heavy atom. The van der Waals surface area contributed by atoms with Crippen molar-refractivity contribution in [3.63, 3.8) is 0 Å². The lowest BCUT2D eigenvalue weighted by Crippen LogP contribution is -2.17. The van der Waals surface area contributed by atoms with E-state index in [1.54, 1.807) is 31.6 Å². The van der Waals surface area contributed by atoms with E-state index in [4.69, 9.17) is 0 Å². The number of hydrogen-bond donors (Lipinski definition) is 3. The van der Waals surface area contributed by atoms with Crippen LogP contribution in [0.25, 0.3) is 22.3 Å². The van der Waals surface area contributed by atoms with Crippen molar-refractivity contribution < 1.29 is 4.79 Å². The highest BCUT2D eigenvalue weighted by Gasteiger charge is 2.20. The first-order valence-electron chi connectivity index (χ1n) is 9.73. The van der Waals surface area contributed by atoms with Crippen molar-refractivity contribution >= 4 is 28.4 Å². The first-order chi connectivity index (χ1) is 14.9. The molecule has 154 valence electrons.